The van der Waals surface area contributed by atoms with Gasteiger partial charge in [-0.3, -0.25) is 4.90 Å². The van der Waals surface area contributed by atoms with E-state index < -0.39 is 0 Å². The first-order valence-electron chi connectivity index (χ1n) is 7.87. The van der Waals surface area contributed by atoms with E-state index in [0.29, 0.717) is 6.04 Å². The van der Waals surface area contributed by atoms with Crippen LogP contribution in [0.3, 0.4) is 0 Å². The molecule has 2 atom stereocenters. The van der Waals surface area contributed by atoms with Gasteiger partial charge in [-0.15, -0.1) is 0 Å². The van der Waals surface area contributed by atoms with Crippen molar-refractivity contribution in [2.75, 3.05) is 19.6 Å². The number of hydrogen-bond acceptors (Lipinski definition) is 2. The highest BCUT2D eigenvalue weighted by Gasteiger charge is 2.24. The number of rotatable bonds is 1. The van der Waals surface area contributed by atoms with Crippen molar-refractivity contribution in [1.29, 1.82) is 0 Å². The predicted octanol–water partition coefficient (Wildman–Crippen LogP) is 2.62. The molecule has 3 rings (SSSR count). The second-order valence-electron chi connectivity index (χ2n) is 6.20. The molecule has 0 amide bonds. The van der Waals surface area contributed by atoms with Crippen LogP contribution in [0, 0.1) is 0 Å². The first-order valence-corrected chi connectivity index (χ1v) is 7.87. The lowest BCUT2D eigenvalue weighted by atomic mass is 9.87. The van der Waals surface area contributed by atoms with Crippen LogP contribution in [0.25, 0.3) is 0 Å². The smallest absolute Gasteiger partial charge is 0.0139 e. The van der Waals surface area contributed by atoms with Gasteiger partial charge >= 0.3 is 0 Å². The zero-order chi connectivity index (χ0) is 13.1. The van der Waals surface area contributed by atoms with E-state index in [0.717, 1.165) is 6.04 Å². The Bertz CT molecular complexity index is 415. The monoisotopic (exact) mass is 258 g/mol. The molecule has 2 nitrogen and oxygen atoms in total. The Morgan fingerprint density at radius 2 is 1.95 bits per heavy atom. The molecule has 0 radical (unpaired) electrons. The van der Waals surface area contributed by atoms with Crippen molar-refractivity contribution in [2.24, 2.45) is 0 Å². The zero-order valence-electron chi connectivity index (χ0n) is 12.1. The number of hydrogen-bond donors (Lipinski definition) is 1. The van der Waals surface area contributed by atoms with Crippen molar-refractivity contribution in [3.63, 3.8) is 0 Å². The van der Waals surface area contributed by atoms with Gasteiger partial charge in [0.05, 0.1) is 0 Å². The minimum absolute atomic E-state index is 0.679. The summed E-state index contributed by atoms with van der Waals surface area (Å²) in [5.74, 6) is 0. The van der Waals surface area contributed by atoms with Crippen LogP contribution in [0.4, 0.5) is 0 Å². The number of nitrogens with zero attached hydrogens (tertiary/aromatic N) is 1. The van der Waals surface area contributed by atoms with Crippen LogP contribution in [-0.2, 0) is 12.8 Å². The Balaban J connectivity index is 1.66. The van der Waals surface area contributed by atoms with Crippen LogP contribution in [-0.4, -0.2) is 36.6 Å². The van der Waals surface area contributed by atoms with Crippen LogP contribution < -0.4 is 5.32 Å². The van der Waals surface area contributed by atoms with Gasteiger partial charge in [0, 0.05) is 12.1 Å². The van der Waals surface area contributed by atoms with Crippen molar-refractivity contribution in [2.45, 2.75) is 51.1 Å². The van der Waals surface area contributed by atoms with Crippen molar-refractivity contribution in [3.05, 3.63) is 35.4 Å². The molecule has 19 heavy (non-hydrogen) atoms. The third-order valence-electron chi connectivity index (χ3n) is 4.80. The maximum Gasteiger partial charge on any atom is 0.0139 e. The molecule has 2 aliphatic rings. The fourth-order valence-corrected chi connectivity index (χ4v) is 3.56. The van der Waals surface area contributed by atoms with Gasteiger partial charge in [0.1, 0.15) is 0 Å². The molecule has 2 heteroatoms. The van der Waals surface area contributed by atoms with Crippen LogP contribution in [0.5, 0.6) is 0 Å². The Hall–Kier alpha value is -0.860. The van der Waals surface area contributed by atoms with Gasteiger partial charge in [-0.2, -0.15) is 0 Å². The van der Waals surface area contributed by atoms with E-state index in [1.165, 1.54) is 51.7 Å². The maximum atomic E-state index is 3.60. The van der Waals surface area contributed by atoms with Gasteiger partial charge in [0.2, 0.25) is 0 Å². The van der Waals surface area contributed by atoms with E-state index in [4.69, 9.17) is 0 Å². The SMILES string of the molecule is CC1CCN(C2CCc3ccccc3C2)CCCN1. The lowest BCUT2D eigenvalue weighted by molar-refractivity contribution is 0.159. The highest BCUT2D eigenvalue weighted by molar-refractivity contribution is 5.30. The molecule has 2 unspecified atom stereocenters. The van der Waals surface area contributed by atoms with Crippen LogP contribution >= 0.6 is 0 Å². The molecule has 0 spiro atoms. The summed E-state index contributed by atoms with van der Waals surface area (Å²) in [5.41, 5.74) is 3.17. The summed E-state index contributed by atoms with van der Waals surface area (Å²) in [6, 6.07) is 10.5. The molecule has 0 aromatic heterocycles. The van der Waals surface area contributed by atoms with E-state index in [1.54, 1.807) is 11.1 Å². The van der Waals surface area contributed by atoms with E-state index in [9.17, 15) is 0 Å². The quantitative estimate of drug-likeness (QED) is 0.833. The minimum Gasteiger partial charge on any atom is -0.314 e. The molecule has 1 heterocycles. The number of benzene rings is 1. The van der Waals surface area contributed by atoms with Gasteiger partial charge in [0.15, 0.2) is 0 Å². The molecule has 1 fully saturated rings. The van der Waals surface area contributed by atoms with Crippen LogP contribution in [0.2, 0.25) is 0 Å². The molecule has 104 valence electrons. The summed E-state index contributed by atoms with van der Waals surface area (Å²) < 4.78 is 0. The average Bonchev–Trinajstić information content (AvgIpc) is 2.43. The number of fused-ring (bicyclic) bond motifs is 1. The Labute approximate surface area is 117 Å². The Morgan fingerprint density at radius 1 is 1.11 bits per heavy atom. The largest absolute Gasteiger partial charge is 0.314 e. The second kappa shape index (κ2) is 6.06. The van der Waals surface area contributed by atoms with Crippen molar-refractivity contribution in [1.82, 2.24) is 10.2 Å². The summed E-state index contributed by atoms with van der Waals surface area (Å²) in [6.45, 7) is 6.04. The van der Waals surface area contributed by atoms with Crippen molar-refractivity contribution < 1.29 is 0 Å². The molecule has 1 N–H and O–H groups in total. The summed E-state index contributed by atoms with van der Waals surface area (Å²) in [5, 5.41) is 3.60. The Kier molecular flexibility index (Phi) is 4.19. The van der Waals surface area contributed by atoms with Crippen molar-refractivity contribution >= 4 is 0 Å². The van der Waals surface area contributed by atoms with Gasteiger partial charge in [-0.05, 0) is 69.8 Å². The standard InChI is InChI=1S/C17H26N2/c1-14-9-12-19(11-4-10-18-14)17-8-7-15-5-2-3-6-16(15)13-17/h2-3,5-6,14,17-18H,4,7-13H2,1H3. The van der Waals surface area contributed by atoms with Gasteiger partial charge < -0.3 is 5.32 Å². The van der Waals surface area contributed by atoms with E-state index in [2.05, 4.69) is 41.4 Å². The summed E-state index contributed by atoms with van der Waals surface area (Å²) >= 11 is 0. The van der Waals surface area contributed by atoms with E-state index in [1.807, 2.05) is 0 Å². The first kappa shape index (κ1) is 13.1. The molecule has 1 saturated heterocycles. The average molecular weight is 258 g/mol. The summed E-state index contributed by atoms with van der Waals surface area (Å²) in [6.07, 6.45) is 6.46. The molecular weight excluding hydrogens is 232 g/mol. The lowest BCUT2D eigenvalue weighted by Crippen LogP contribution is -2.45. The Morgan fingerprint density at radius 3 is 2.84 bits per heavy atom. The van der Waals surface area contributed by atoms with Gasteiger partial charge in [-0.1, -0.05) is 24.3 Å². The third-order valence-corrected chi connectivity index (χ3v) is 4.80. The van der Waals surface area contributed by atoms with Crippen molar-refractivity contribution in [3.8, 4) is 0 Å². The molecule has 1 aliphatic heterocycles. The van der Waals surface area contributed by atoms with Gasteiger partial charge in [0.25, 0.3) is 0 Å². The predicted molar refractivity (Wildman–Crippen MR) is 80.5 cm³/mol. The van der Waals surface area contributed by atoms with Gasteiger partial charge in [-0.25, -0.2) is 0 Å². The molecule has 1 aliphatic carbocycles. The first-order chi connectivity index (χ1) is 9.33. The second-order valence-corrected chi connectivity index (χ2v) is 6.20. The lowest BCUT2D eigenvalue weighted by Gasteiger charge is -2.37. The zero-order valence-corrected chi connectivity index (χ0v) is 12.1. The van der Waals surface area contributed by atoms with Crippen LogP contribution in [0.1, 0.15) is 37.3 Å². The molecule has 1 aromatic carbocycles. The van der Waals surface area contributed by atoms with Crippen LogP contribution in [0.15, 0.2) is 24.3 Å². The third kappa shape index (κ3) is 3.18. The fourth-order valence-electron chi connectivity index (χ4n) is 3.56. The topological polar surface area (TPSA) is 15.3 Å². The number of aryl methyl sites for hydroxylation is 1. The molecule has 0 bridgehead atoms. The fraction of sp³-hybridized carbons (Fsp3) is 0.647. The number of nitrogens with one attached hydrogen (secondary N) is 1. The summed E-state index contributed by atoms with van der Waals surface area (Å²) in [4.78, 5) is 2.76. The highest BCUT2D eigenvalue weighted by atomic mass is 15.2. The maximum absolute atomic E-state index is 3.60. The minimum atomic E-state index is 0.679. The molecule has 0 saturated carbocycles. The summed E-state index contributed by atoms with van der Waals surface area (Å²) in [7, 11) is 0. The molecular formula is C17H26N2. The normalized spacial score (nSPS) is 29.3. The van der Waals surface area contributed by atoms with E-state index >= 15 is 0 Å². The molecule has 1 aromatic rings. The highest BCUT2D eigenvalue weighted by Crippen LogP contribution is 2.25. The van der Waals surface area contributed by atoms with E-state index in [-0.39, 0.29) is 0 Å².